The molecule has 13 heteroatoms. The largest absolute Gasteiger partial charge is 0.467 e. The van der Waals surface area contributed by atoms with Crippen LogP contribution in [0.15, 0.2) is 23.2 Å². The van der Waals surface area contributed by atoms with Crippen molar-refractivity contribution in [1.29, 1.82) is 0 Å². The number of sulfonamides is 1. The summed E-state index contributed by atoms with van der Waals surface area (Å²) in [6.45, 7) is 3.24. The maximum absolute atomic E-state index is 12.7. The number of aromatic nitrogens is 5. The summed E-state index contributed by atoms with van der Waals surface area (Å²) in [6, 6.07) is 3.88. The number of hydrogen-bond acceptors (Lipinski definition) is 8. The average molecular weight is 412 g/mol. The van der Waals surface area contributed by atoms with Gasteiger partial charge in [0.25, 0.3) is 10.0 Å². The minimum atomic E-state index is -4.34. The number of nitrogens with zero attached hydrogens (tertiary/aromatic N) is 5. The van der Waals surface area contributed by atoms with Crippen LogP contribution in [0.3, 0.4) is 0 Å². The van der Waals surface area contributed by atoms with E-state index in [-0.39, 0.29) is 28.0 Å². The Bertz CT molecular complexity index is 1150. The van der Waals surface area contributed by atoms with Crippen LogP contribution in [-0.2, 0) is 10.0 Å². The number of carbonyl (C=O) groups is 1. The molecule has 0 aliphatic carbocycles. The highest BCUT2D eigenvalue weighted by Crippen LogP contribution is 2.24. The number of pyridine rings is 1. The highest BCUT2D eigenvalue weighted by atomic mass is 35.5. The summed E-state index contributed by atoms with van der Waals surface area (Å²) >= 11 is 6.00. The summed E-state index contributed by atoms with van der Waals surface area (Å²) < 4.78 is 33.4. The zero-order valence-electron chi connectivity index (χ0n) is 14.4. The Morgan fingerprint density at radius 3 is 2.63 bits per heavy atom. The third kappa shape index (κ3) is 3.75. The van der Waals surface area contributed by atoms with Crippen molar-refractivity contribution in [3.05, 3.63) is 34.9 Å². The minimum absolute atomic E-state index is 0.0267. The van der Waals surface area contributed by atoms with Crippen molar-refractivity contribution in [2.45, 2.75) is 18.9 Å². The van der Waals surface area contributed by atoms with Crippen molar-refractivity contribution < 1.29 is 17.9 Å². The Kier molecular flexibility index (Phi) is 4.85. The second-order valence-electron chi connectivity index (χ2n) is 5.32. The lowest BCUT2D eigenvalue weighted by Gasteiger charge is -2.09. The fraction of sp³-hybridized carbons (Fsp3) is 0.214. The number of carbonyl (C=O) groups excluding carboxylic acids is 1. The normalized spacial score (nSPS) is 11.4. The van der Waals surface area contributed by atoms with Gasteiger partial charge in [-0.15, -0.1) is 0 Å². The van der Waals surface area contributed by atoms with E-state index in [4.69, 9.17) is 16.3 Å². The molecule has 3 heterocycles. The van der Waals surface area contributed by atoms with Crippen LogP contribution in [-0.4, -0.2) is 45.9 Å². The SMILES string of the molecule is COc1nc(C)nc(NC(=O)NS(=O)(=O)c2c(Cl)nc3cccc(C)n23)n1. The second kappa shape index (κ2) is 6.96. The lowest BCUT2D eigenvalue weighted by molar-refractivity contribution is 0.256. The lowest BCUT2D eigenvalue weighted by Crippen LogP contribution is -2.35. The molecule has 0 saturated heterocycles. The van der Waals surface area contributed by atoms with Crippen molar-refractivity contribution in [2.24, 2.45) is 0 Å². The van der Waals surface area contributed by atoms with E-state index in [0.29, 0.717) is 11.3 Å². The quantitative estimate of drug-likeness (QED) is 0.654. The van der Waals surface area contributed by atoms with Gasteiger partial charge in [0.15, 0.2) is 10.2 Å². The van der Waals surface area contributed by atoms with E-state index in [2.05, 4.69) is 25.3 Å². The van der Waals surface area contributed by atoms with Gasteiger partial charge in [0.1, 0.15) is 11.5 Å². The zero-order valence-corrected chi connectivity index (χ0v) is 16.0. The molecule has 0 saturated carbocycles. The van der Waals surface area contributed by atoms with E-state index in [9.17, 15) is 13.2 Å². The topological polar surface area (TPSA) is 140 Å². The van der Waals surface area contributed by atoms with Gasteiger partial charge in [0.05, 0.1) is 7.11 Å². The molecule has 0 fully saturated rings. The first-order chi connectivity index (χ1) is 12.7. The lowest BCUT2D eigenvalue weighted by atomic mass is 10.4. The minimum Gasteiger partial charge on any atom is -0.467 e. The Hall–Kier alpha value is -2.99. The predicted octanol–water partition coefficient (Wildman–Crippen LogP) is 1.31. The first-order valence-corrected chi connectivity index (χ1v) is 9.31. The summed E-state index contributed by atoms with van der Waals surface area (Å²) in [6.07, 6.45) is 0. The molecule has 0 bridgehead atoms. The fourth-order valence-electron chi connectivity index (χ4n) is 2.33. The zero-order chi connectivity index (χ0) is 19.8. The maximum atomic E-state index is 12.7. The van der Waals surface area contributed by atoms with Crippen LogP contribution in [0.2, 0.25) is 5.15 Å². The van der Waals surface area contributed by atoms with Crippen molar-refractivity contribution >= 4 is 39.3 Å². The van der Waals surface area contributed by atoms with Crippen molar-refractivity contribution in [3.8, 4) is 6.01 Å². The van der Waals surface area contributed by atoms with E-state index < -0.39 is 16.1 Å². The molecule has 3 rings (SSSR count). The molecule has 2 N–H and O–H groups in total. The van der Waals surface area contributed by atoms with Gasteiger partial charge in [-0.3, -0.25) is 9.72 Å². The summed E-state index contributed by atoms with van der Waals surface area (Å²) in [4.78, 5) is 27.7. The van der Waals surface area contributed by atoms with Crippen LogP contribution in [0.25, 0.3) is 5.65 Å². The molecule has 0 aliphatic heterocycles. The van der Waals surface area contributed by atoms with Gasteiger partial charge in [0, 0.05) is 5.69 Å². The van der Waals surface area contributed by atoms with Crippen LogP contribution < -0.4 is 14.8 Å². The van der Waals surface area contributed by atoms with Crippen molar-refractivity contribution in [2.75, 3.05) is 12.4 Å². The molecule has 0 atom stereocenters. The first-order valence-electron chi connectivity index (χ1n) is 7.45. The van der Waals surface area contributed by atoms with Crippen LogP contribution in [0.5, 0.6) is 6.01 Å². The van der Waals surface area contributed by atoms with Crippen molar-refractivity contribution in [3.63, 3.8) is 0 Å². The third-order valence-corrected chi connectivity index (χ3v) is 5.09. The number of imidazole rings is 1. The van der Waals surface area contributed by atoms with Gasteiger partial charge in [-0.05, 0) is 26.0 Å². The molecule has 0 radical (unpaired) electrons. The van der Waals surface area contributed by atoms with Gasteiger partial charge in [-0.2, -0.15) is 23.4 Å². The Morgan fingerprint density at radius 1 is 1.19 bits per heavy atom. The molecule has 3 aromatic heterocycles. The Labute approximate surface area is 158 Å². The fourth-order valence-corrected chi connectivity index (χ4v) is 3.94. The monoisotopic (exact) mass is 411 g/mol. The second-order valence-corrected chi connectivity index (χ2v) is 7.28. The first kappa shape index (κ1) is 18.8. The molecule has 27 heavy (non-hydrogen) atoms. The van der Waals surface area contributed by atoms with E-state index >= 15 is 0 Å². The number of ether oxygens (including phenoxy) is 1. The number of rotatable bonds is 4. The van der Waals surface area contributed by atoms with E-state index in [0.717, 1.165) is 0 Å². The number of methoxy groups -OCH3 is 1. The van der Waals surface area contributed by atoms with E-state index in [1.165, 1.54) is 11.5 Å². The van der Waals surface area contributed by atoms with E-state index in [1.54, 1.807) is 32.0 Å². The number of urea groups is 1. The highest BCUT2D eigenvalue weighted by molar-refractivity contribution is 7.90. The number of hydrogen-bond donors (Lipinski definition) is 2. The predicted molar refractivity (Wildman–Crippen MR) is 95.4 cm³/mol. The van der Waals surface area contributed by atoms with Gasteiger partial charge in [-0.25, -0.2) is 14.5 Å². The number of amides is 2. The number of nitrogens with one attached hydrogen (secondary N) is 2. The molecule has 2 amide bonds. The summed E-state index contributed by atoms with van der Waals surface area (Å²) in [7, 11) is -2.99. The van der Waals surface area contributed by atoms with Crippen LogP contribution in [0.1, 0.15) is 11.5 Å². The van der Waals surface area contributed by atoms with Gasteiger partial charge in [0.2, 0.25) is 5.95 Å². The van der Waals surface area contributed by atoms with Gasteiger partial charge >= 0.3 is 12.0 Å². The summed E-state index contributed by atoms with van der Waals surface area (Å²) in [5, 5.41) is 1.60. The molecular formula is C14H14ClN7O4S. The Balaban J connectivity index is 1.90. The smallest absolute Gasteiger partial charge is 0.335 e. The molecule has 11 nitrogen and oxygen atoms in total. The van der Waals surface area contributed by atoms with Gasteiger partial charge in [-0.1, -0.05) is 17.7 Å². The molecule has 0 aromatic carbocycles. The number of aryl methyl sites for hydroxylation is 2. The Morgan fingerprint density at radius 2 is 1.93 bits per heavy atom. The maximum Gasteiger partial charge on any atom is 0.335 e. The van der Waals surface area contributed by atoms with Crippen LogP contribution in [0.4, 0.5) is 10.7 Å². The molecular weight excluding hydrogens is 398 g/mol. The summed E-state index contributed by atoms with van der Waals surface area (Å²) in [5.74, 6) is 0.105. The molecule has 0 spiro atoms. The molecule has 0 unspecified atom stereocenters. The molecule has 0 aliphatic rings. The standard InChI is InChI=1S/C14H14ClN7O4S/c1-7-5-4-6-9-18-10(15)11(22(7)9)27(24,25)21-13(23)19-12-16-8(2)17-14(20-12)26-3/h4-6H,1-3H3,(H2,16,17,19,20,21,23). The summed E-state index contributed by atoms with van der Waals surface area (Å²) in [5.41, 5.74) is 0.907. The third-order valence-electron chi connectivity index (χ3n) is 3.37. The van der Waals surface area contributed by atoms with Crippen molar-refractivity contribution in [1.82, 2.24) is 29.1 Å². The van der Waals surface area contributed by atoms with Crippen LogP contribution in [0, 0.1) is 13.8 Å². The van der Waals surface area contributed by atoms with E-state index in [1.807, 2.05) is 4.72 Å². The number of halogens is 1. The number of anilines is 1. The highest BCUT2D eigenvalue weighted by Gasteiger charge is 2.27. The molecule has 3 aromatic rings. The average Bonchev–Trinajstić information content (AvgIpc) is 2.91. The van der Waals surface area contributed by atoms with Gasteiger partial charge < -0.3 is 4.74 Å². The molecule has 142 valence electrons. The number of fused-ring (bicyclic) bond motifs is 1. The van der Waals surface area contributed by atoms with Crippen LogP contribution >= 0.6 is 11.6 Å².